The Kier molecular flexibility index (Phi) is 9.54. The molecule has 0 radical (unpaired) electrons. The van der Waals surface area contributed by atoms with E-state index in [1.807, 2.05) is 31.2 Å². The van der Waals surface area contributed by atoms with Crippen molar-refractivity contribution in [1.29, 1.82) is 0 Å². The fourth-order valence-electron chi connectivity index (χ4n) is 3.80. The number of hydrogen-bond donors (Lipinski definition) is 2. The monoisotopic (exact) mass is 574 g/mol. The van der Waals surface area contributed by atoms with Crippen molar-refractivity contribution in [3.05, 3.63) is 119 Å². The normalized spacial score (nSPS) is 11.3. The highest BCUT2D eigenvalue weighted by Gasteiger charge is 2.19. The first-order valence-corrected chi connectivity index (χ1v) is 14.5. The first-order valence-electron chi connectivity index (χ1n) is 12.7. The Labute approximate surface area is 238 Å². The zero-order valence-corrected chi connectivity index (χ0v) is 23.4. The maximum absolute atomic E-state index is 12.6. The lowest BCUT2D eigenvalue weighted by atomic mass is 10.1. The fourth-order valence-corrected chi connectivity index (χ4v) is 4.68. The van der Waals surface area contributed by atoms with E-state index in [1.54, 1.807) is 60.7 Å². The van der Waals surface area contributed by atoms with Gasteiger partial charge in [0.2, 0.25) is 10.0 Å². The molecule has 2 N–H and O–H groups in total. The molecule has 0 aliphatic heterocycles. The van der Waals surface area contributed by atoms with Crippen LogP contribution in [0.5, 0.6) is 5.75 Å². The van der Waals surface area contributed by atoms with Crippen LogP contribution < -0.4 is 19.8 Å². The molecule has 0 saturated carbocycles. The number of rotatable bonds is 12. The number of benzene rings is 3. The summed E-state index contributed by atoms with van der Waals surface area (Å²) in [5.41, 5.74) is 5.82. The van der Waals surface area contributed by atoms with Crippen molar-refractivity contribution in [3.8, 4) is 5.75 Å². The third kappa shape index (κ3) is 8.54. The Morgan fingerprint density at radius 3 is 2.37 bits per heavy atom. The number of ether oxygens (including phenoxy) is 1. The Morgan fingerprint density at radius 2 is 1.71 bits per heavy atom. The van der Waals surface area contributed by atoms with Gasteiger partial charge in [0.15, 0.2) is 6.61 Å². The average Bonchev–Trinajstić information content (AvgIpc) is 3.48. The number of hydrogen-bond acceptors (Lipinski definition) is 7. The van der Waals surface area contributed by atoms with Crippen LogP contribution in [0.1, 0.15) is 32.8 Å². The van der Waals surface area contributed by atoms with Gasteiger partial charge in [-0.3, -0.25) is 13.9 Å². The van der Waals surface area contributed by atoms with E-state index in [-0.39, 0.29) is 25.6 Å². The Balaban J connectivity index is 1.28. The molecule has 0 aliphatic rings. The molecule has 3 aromatic carbocycles. The van der Waals surface area contributed by atoms with Gasteiger partial charge in [-0.1, -0.05) is 24.3 Å². The standard InChI is InChI=1S/C30H30N4O6S/c1-22-6-3-4-7-25(22)20-34(41(2,37)38)26-13-11-24(12-14-26)30(36)33-32-18-23-9-15-27(16-10-23)40-21-29(35)31-19-28-8-5-17-39-28/h3-18H,19-21H2,1-2H3,(H,31,35)(H,33,36)/b32-18-. The number of nitrogens with one attached hydrogen (secondary N) is 2. The summed E-state index contributed by atoms with van der Waals surface area (Å²) in [6, 6.07) is 24.2. The molecule has 0 atom stereocenters. The van der Waals surface area contributed by atoms with Crippen molar-refractivity contribution in [1.82, 2.24) is 10.7 Å². The molecule has 10 nitrogen and oxygen atoms in total. The van der Waals surface area contributed by atoms with Gasteiger partial charge in [0.05, 0.1) is 37.5 Å². The zero-order chi connectivity index (χ0) is 29.2. The first kappa shape index (κ1) is 29.1. The third-order valence-electron chi connectivity index (χ3n) is 6.06. The van der Waals surface area contributed by atoms with E-state index < -0.39 is 15.9 Å². The van der Waals surface area contributed by atoms with Gasteiger partial charge in [0.1, 0.15) is 11.5 Å². The van der Waals surface area contributed by atoms with Crippen LogP contribution in [0.15, 0.2) is 101 Å². The number of amides is 2. The molecule has 4 aromatic rings. The SMILES string of the molecule is Cc1ccccc1CN(c1ccc(C(=O)N/N=C\c2ccc(OCC(=O)NCc3ccco3)cc2)cc1)S(C)(=O)=O. The van der Waals surface area contributed by atoms with Gasteiger partial charge in [-0.25, -0.2) is 13.8 Å². The van der Waals surface area contributed by atoms with Gasteiger partial charge < -0.3 is 14.5 Å². The highest BCUT2D eigenvalue weighted by atomic mass is 32.2. The molecule has 1 aromatic heterocycles. The number of sulfonamides is 1. The highest BCUT2D eigenvalue weighted by molar-refractivity contribution is 7.92. The van der Waals surface area contributed by atoms with E-state index in [4.69, 9.17) is 9.15 Å². The summed E-state index contributed by atoms with van der Waals surface area (Å²) in [6.07, 6.45) is 4.16. The molecule has 41 heavy (non-hydrogen) atoms. The second-order valence-corrected chi connectivity index (χ2v) is 11.1. The smallest absolute Gasteiger partial charge is 0.271 e. The molecule has 0 spiro atoms. The van der Waals surface area contributed by atoms with E-state index in [9.17, 15) is 18.0 Å². The summed E-state index contributed by atoms with van der Waals surface area (Å²) in [7, 11) is -3.56. The van der Waals surface area contributed by atoms with Crippen molar-refractivity contribution in [3.63, 3.8) is 0 Å². The molecular formula is C30H30N4O6S. The number of carbonyl (C=O) groups is 2. The minimum atomic E-state index is -3.56. The highest BCUT2D eigenvalue weighted by Crippen LogP contribution is 2.22. The summed E-state index contributed by atoms with van der Waals surface area (Å²) in [6.45, 7) is 2.26. The second-order valence-electron chi connectivity index (χ2n) is 9.16. The van der Waals surface area contributed by atoms with Crippen LogP contribution in [0.2, 0.25) is 0 Å². The van der Waals surface area contributed by atoms with Gasteiger partial charge >= 0.3 is 0 Å². The molecule has 0 unspecified atom stereocenters. The minimum Gasteiger partial charge on any atom is -0.484 e. The summed E-state index contributed by atoms with van der Waals surface area (Å²) >= 11 is 0. The van der Waals surface area contributed by atoms with Crippen molar-refractivity contribution >= 4 is 33.7 Å². The lowest BCUT2D eigenvalue weighted by Gasteiger charge is -2.23. The van der Waals surface area contributed by atoms with Gasteiger partial charge in [0, 0.05) is 5.56 Å². The second kappa shape index (κ2) is 13.4. The summed E-state index contributed by atoms with van der Waals surface area (Å²) in [4.78, 5) is 24.5. The topological polar surface area (TPSA) is 130 Å². The predicted octanol–water partition coefficient (Wildman–Crippen LogP) is 4.01. The molecule has 0 saturated heterocycles. The van der Waals surface area contributed by atoms with Crippen molar-refractivity contribution < 1.29 is 27.2 Å². The number of carbonyl (C=O) groups excluding carboxylic acids is 2. The van der Waals surface area contributed by atoms with E-state index in [2.05, 4.69) is 15.8 Å². The van der Waals surface area contributed by atoms with Crippen LogP contribution in [0.4, 0.5) is 5.69 Å². The van der Waals surface area contributed by atoms with Gasteiger partial charge in [0.25, 0.3) is 11.8 Å². The minimum absolute atomic E-state index is 0.142. The quantitative estimate of drug-likeness (QED) is 0.194. The van der Waals surface area contributed by atoms with Gasteiger partial charge in [-0.05, 0) is 84.3 Å². The van der Waals surface area contributed by atoms with Crippen LogP contribution in [0.3, 0.4) is 0 Å². The molecule has 1 heterocycles. The molecule has 0 aliphatic carbocycles. The lowest BCUT2D eigenvalue weighted by Crippen LogP contribution is -2.29. The van der Waals surface area contributed by atoms with Crippen LogP contribution in [0.25, 0.3) is 0 Å². The molecular weight excluding hydrogens is 544 g/mol. The molecule has 0 bridgehead atoms. The maximum atomic E-state index is 12.6. The summed E-state index contributed by atoms with van der Waals surface area (Å²) in [5, 5.41) is 6.69. The molecule has 11 heteroatoms. The van der Waals surface area contributed by atoms with Crippen molar-refractivity contribution in [2.45, 2.75) is 20.0 Å². The first-order chi connectivity index (χ1) is 19.7. The molecule has 0 fully saturated rings. The van der Waals surface area contributed by atoms with Crippen LogP contribution >= 0.6 is 0 Å². The number of hydrazone groups is 1. The maximum Gasteiger partial charge on any atom is 0.271 e. The Hall–Kier alpha value is -4.90. The number of furan rings is 1. The van der Waals surface area contributed by atoms with E-state index in [1.165, 1.54) is 16.8 Å². The fraction of sp³-hybridized carbons (Fsp3) is 0.167. The zero-order valence-electron chi connectivity index (χ0n) is 22.6. The number of nitrogens with zero attached hydrogens (tertiary/aromatic N) is 2. The van der Waals surface area contributed by atoms with Gasteiger partial charge in [-0.2, -0.15) is 5.10 Å². The van der Waals surface area contributed by atoms with E-state index in [0.29, 0.717) is 28.3 Å². The van der Waals surface area contributed by atoms with Crippen LogP contribution in [0, 0.1) is 6.92 Å². The lowest BCUT2D eigenvalue weighted by molar-refractivity contribution is -0.123. The Bertz CT molecular complexity index is 1600. The predicted molar refractivity (Wildman–Crippen MR) is 156 cm³/mol. The molecule has 2 amide bonds. The number of aryl methyl sites for hydroxylation is 1. The van der Waals surface area contributed by atoms with Crippen LogP contribution in [-0.4, -0.2) is 39.3 Å². The van der Waals surface area contributed by atoms with E-state index >= 15 is 0 Å². The summed E-state index contributed by atoms with van der Waals surface area (Å²) in [5.74, 6) is 0.430. The summed E-state index contributed by atoms with van der Waals surface area (Å²) < 4.78 is 36.9. The van der Waals surface area contributed by atoms with Crippen molar-refractivity contribution in [2.75, 3.05) is 17.2 Å². The Morgan fingerprint density at radius 1 is 0.976 bits per heavy atom. The van der Waals surface area contributed by atoms with E-state index in [0.717, 1.165) is 17.4 Å². The van der Waals surface area contributed by atoms with Crippen LogP contribution in [-0.2, 0) is 27.9 Å². The largest absolute Gasteiger partial charge is 0.484 e. The number of anilines is 1. The average molecular weight is 575 g/mol. The van der Waals surface area contributed by atoms with Crippen molar-refractivity contribution in [2.24, 2.45) is 5.10 Å². The van der Waals surface area contributed by atoms with Gasteiger partial charge in [-0.15, -0.1) is 0 Å². The molecule has 212 valence electrons. The third-order valence-corrected chi connectivity index (χ3v) is 7.20. The molecule has 4 rings (SSSR count).